The van der Waals surface area contributed by atoms with E-state index in [2.05, 4.69) is 39.0 Å². The second kappa shape index (κ2) is 7.53. The van der Waals surface area contributed by atoms with Gasteiger partial charge in [-0.05, 0) is 84.2 Å². The summed E-state index contributed by atoms with van der Waals surface area (Å²) in [5, 5.41) is 12.9. The topological polar surface area (TPSA) is 65.8 Å². The Balaban J connectivity index is 1.67. The van der Waals surface area contributed by atoms with E-state index in [1.807, 2.05) is 31.2 Å². The van der Waals surface area contributed by atoms with Gasteiger partial charge >= 0.3 is 0 Å². The molecule has 6 heteroatoms. The number of hydrogen-bond acceptors (Lipinski definition) is 4. The third-order valence-electron chi connectivity index (χ3n) is 3.94. The number of pyridine rings is 1. The number of benzene rings is 1. The molecular weight excluding hydrogens is 433 g/mol. The summed E-state index contributed by atoms with van der Waals surface area (Å²) in [5.74, 6) is 0.154. The van der Waals surface area contributed by atoms with Crippen LogP contribution in [-0.2, 0) is 17.6 Å². The van der Waals surface area contributed by atoms with E-state index in [0.29, 0.717) is 10.6 Å². The van der Waals surface area contributed by atoms with E-state index in [0.717, 1.165) is 39.8 Å². The quantitative estimate of drug-likeness (QED) is 0.564. The zero-order valence-electron chi connectivity index (χ0n) is 13.2. The molecule has 0 atom stereocenters. The third-order valence-corrected chi connectivity index (χ3v) is 5.60. The highest BCUT2D eigenvalue weighted by Crippen LogP contribution is 2.28. The smallest absolute Gasteiger partial charge is 0.234 e. The van der Waals surface area contributed by atoms with Crippen molar-refractivity contribution < 1.29 is 4.79 Å². The Kier molecular flexibility index (Phi) is 5.41. The van der Waals surface area contributed by atoms with Crippen LogP contribution in [0, 0.1) is 21.8 Å². The van der Waals surface area contributed by atoms with Crippen LogP contribution in [0.1, 0.15) is 28.8 Å². The Labute approximate surface area is 159 Å². The molecule has 0 bridgehead atoms. The molecule has 1 heterocycles. The number of fused-ring (bicyclic) bond motifs is 1. The first-order chi connectivity index (χ1) is 11.6. The summed E-state index contributed by atoms with van der Waals surface area (Å²) in [7, 11) is 0. The van der Waals surface area contributed by atoms with Crippen LogP contribution in [0.4, 0.5) is 5.69 Å². The molecule has 3 rings (SSSR count). The number of nitriles is 1. The molecular formula is C18H16IN3OS. The molecule has 0 unspecified atom stereocenters. The molecule has 0 fully saturated rings. The van der Waals surface area contributed by atoms with E-state index >= 15 is 0 Å². The van der Waals surface area contributed by atoms with E-state index in [1.165, 1.54) is 17.3 Å². The Bertz CT molecular complexity index is 845. The van der Waals surface area contributed by atoms with Crippen LogP contribution in [0.15, 0.2) is 29.3 Å². The Morgan fingerprint density at radius 2 is 2.25 bits per heavy atom. The number of amides is 1. The average Bonchev–Trinajstić information content (AvgIpc) is 3.01. The van der Waals surface area contributed by atoms with Crippen molar-refractivity contribution in [2.45, 2.75) is 31.2 Å². The van der Waals surface area contributed by atoms with Gasteiger partial charge in [0.2, 0.25) is 5.91 Å². The largest absolute Gasteiger partial charge is 0.325 e. The Morgan fingerprint density at radius 3 is 3.00 bits per heavy atom. The van der Waals surface area contributed by atoms with Crippen molar-refractivity contribution in [3.05, 3.63) is 50.2 Å². The van der Waals surface area contributed by atoms with Crippen LogP contribution >= 0.6 is 34.4 Å². The number of halogens is 1. The Morgan fingerprint density at radius 1 is 1.42 bits per heavy atom. The molecule has 4 nitrogen and oxygen atoms in total. The molecule has 122 valence electrons. The van der Waals surface area contributed by atoms with Crippen molar-refractivity contribution in [1.29, 1.82) is 5.26 Å². The summed E-state index contributed by atoms with van der Waals surface area (Å²) >= 11 is 3.57. The molecule has 1 aromatic carbocycles. The fourth-order valence-electron chi connectivity index (χ4n) is 2.73. The lowest BCUT2D eigenvalue weighted by Crippen LogP contribution is -2.15. The van der Waals surface area contributed by atoms with E-state index in [9.17, 15) is 10.1 Å². The van der Waals surface area contributed by atoms with E-state index in [4.69, 9.17) is 0 Å². The van der Waals surface area contributed by atoms with Gasteiger partial charge in [-0.3, -0.25) is 4.79 Å². The van der Waals surface area contributed by atoms with Crippen LogP contribution < -0.4 is 5.32 Å². The van der Waals surface area contributed by atoms with Crippen molar-refractivity contribution in [3.63, 3.8) is 0 Å². The van der Waals surface area contributed by atoms with Gasteiger partial charge in [-0.1, -0.05) is 11.8 Å². The Hall–Kier alpha value is -1.59. The van der Waals surface area contributed by atoms with Crippen molar-refractivity contribution in [3.8, 4) is 6.07 Å². The first kappa shape index (κ1) is 17.2. The highest BCUT2D eigenvalue weighted by Gasteiger charge is 2.17. The number of nitrogens with zero attached hydrogens (tertiary/aromatic N) is 2. The number of thioether (sulfide) groups is 1. The van der Waals surface area contributed by atoms with E-state index in [-0.39, 0.29) is 11.7 Å². The lowest BCUT2D eigenvalue weighted by Gasteiger charge is -2.09. The molecule has 1 N–H and O–H groups in total. The second-order valence-corrected chi connectivity index (χ2v) is 7.92. The zero-order chi connectivity index (χ0) is 17.1. The van der Waals surface area contributed by atoms with Gasteiger partial charge in [-0.2, -0.15) is 5.26 Å². The van der Waals surface area contributed by atoms with Crippen molar-refractivity contribution in [1.82, 2.24) is 4.98 Å². The molecule has 1 aromatic heterocycles. The minimum absolute atomic E-state index is 0.0875. The van der Waals surface area contributed by atoms with E-state index < -0.39 is 0 Å². The molecule has 0 saturated carbocycles. The predicted molar refractivity (Wildman–Crippen MR) is 104 cm³/mol. The number of nitrogens with one attached hydrogen (secondary N) is 1. The number of carbonyl (C=O) groups is 1. The molecule has 0 aliphatic heterocycles. The van der Waals surface area contributed by atoms with Gasteiger partial charge in [0.15, 0.2) is 0 Å². The van der Waals surface area contributed by atoms with Gasteiger partial charge in [0, 0.05) is 15.0 Å². The van der Waals surface area contributed by atoms with Gasteiger partial charge in [0.25, 0.3) is 0 Å². The molecule has 2 aromatic rings. The van der Waals surface area contributed by atoms with Gasteiger partial charge in [-0.25, -0.2) is 4.98 Å². The van der Waals surface area contributed by atoms with Gasteiger partial charge in [0.05, 0.1) is 11.3 Å². The summed E-state index contributed by atoms with van der Waals surface area (Å²) in [5.41, 5.74) is 4.68. The van der Waals surface area contributed by atoms with Crippen LogP contribution in [0.2, 0.25) is 0 Å². The summed E-state index contributed by atoms with van der Waals surface area (Å²) in [4.78, 5) is 16.8. The molecule has 24 heavy (non-hydrogen) atoms. The van der Waals surface area contributed by atoms with Gasteiger partial charge in [0.1, 0.15) is 11.1 Å². The number of carbonyl (C=O) groups excluding carboxylic acids is 1. The third kappa shape index (κ3) is 3.90. The maximum atomic E-state index is 12.2. The minimum Gasteiger partial charge on any atom is -0.325 e. The fourth-order valence-corrected chi connectivity index (χ4v) is 4.15. The maximum Gasteiger partial charge on any atom is 0.234 e. The fraction of sp³-hybridized carbons (Fsp3) is 0.278. The van der Waals surface area contributed by atoms with Crippen LogP contribution in [-0.4, -0.2) is 16.6 Å². The van der Waals surface area contributed by atoms with Crippen molar-refractivity contribution in [2.75, 3.05) is 11.1 Å². The van der Waals surface area contributed by atoms with Crippen LogP contribution in [0.25, 0.3) is 0 Å². The first-order valence-corrected chi connectivity index (χ1v) is 9.75. The lowest BCUT2D eigenvalue weighted by atomic mass is 10.2. The number of rotatable bonds is 4. The first-order valence-electron chi connectivity index (χ1n) is 7.68. The van der Waals surface area contributed by atoms with Crippen LogP contribution in [0.3, 0.4) is 0 Å². The number of hydrogen-bond donors (Lipinski definition) is 1. The number of anilines is 1. The summed E-state index contributed by atoms with van der Waals surface area (Å²) in [6.45, 7) is 1.97. The summed E-state index contributed by atoms with van der Waals surface area (Å²) in [6, 6.07) is 10.0. The van der Waals surface area contributed by atoms with Crippen LogP contribution in [0.5, 0.6) is 0 Å². The second-order valence-electron chi connectivity index (χ2n) is 5.71. The normalized spacial score (nSPS) is 12.5. The highest BCUT2D eigenvalue weighted by molar-refractivity contribution is 14.1. The van der Waals surface area contributed by atoms with E-state index in [1.54, 1.807) is 0 Å². The minimum atomic E-state index is -0.0875. The molecule has 0 radical (unpaired) electrons. The molecule has 0 saturated heterocycles. The maximum absolute atomic E-state index is 12.2. The SMILES string of the molecule is Cc1cc(I)ccc1NC(=O)CSc1nc2c(cc1C#N)CCC2. The van der Waals surface area contributed by atoms with Gasteiger partial charge < -0.3 is 5.32 Å². The molecule has 1 aliphatic carbocycles. The number of aromatic nitrogens is 1. The lowest BCUT2D eigenvalue weighted by molar-refractivity contribution is -0.113. The summed E-state index contributed by atoms with van der Waals surface area (Å²) in [6.07, 6.45) is 3.05. The van der Waals surface area contributed by atoms with Gasteiger partial charge in [-0.15, -0.1) is 0 Å². The molecule has 1 amide bonds. The zero-order valence-corrected chi connectivity index (χ0v) is 16.2. The molecule has 1 aliphatic rings. The molecule has 0 spiro atoms. The average molecular weight is 449 g/mol. The standard InChI is InChI=1S/C18H16IN3OS/c1-11-7-14(19)5-6-15(11)21-17(23)10-24-18-13(9-20)8-12-3-2-4-16(12)22-18/h5-8H,2-4,10H2,1H3,(H,21,23). The van der Waals surface area contributed by atoms with Crippen molar-refractivity contribution in [2.24, 2.45) is 0 Å². The summed E-state index contributed by atoms with van der Waals surface area (Å²) < 4.78 is 1.14. The monoisotopic (exact) mass is 449 g/mol. The van der Waals surface area contributed by atoms with Crippen molar-refractivity contribution >= 4 is 45.9 Å². The predicted octanol–water partition coefficient (Wildman–Crippen LogP) is 4.09. The number of aryl methyl sites for hydroxylation is 3. The highest BCUT2D eigenvalue weighted by atomic mass is 127.